The van der Waals surface area contributed by atoms with E-state index in [9.17, 15) is 4.79 Å². The Kier molecular flexibility index (Phi) is 3.08. The maximum absolute atomic E-state index is 11.2. The van der Waals surface area contributed by atoms with Gasteiger partial charge in [-0.25, -0.2) is 0 Å². The largest absolute Gasteiger partial charge is 0.276 e. The van der Waals surface area contributed by atoms with Crippen LogP contribution in [0.4, 0.5) is 0 Å². The van der Waals surface area contributed by atoms with E-state index in [1.165, 1.54) is 23.3 Å². The Bertz CT molecular complexity index is 410. The molecule has 0 radical (unpaired) electrons. The van der Waals surface area contributed by atoms with Crippen molar-refractivity contribution >= 4 is 28.6 Å². The van der Waals surface area contributed by atoms with E-state index in [0.29, 0.717) is 11.5 Å². The summed E-state index contributed by atoms with van der Waals surface area (Å²) in [6.45, 7) is 1.98. The molecule has 0 N–H and O–H groups in total. The third kappa shape index (κ3) is 2.06. The molecule has 15 heavy (non-hydrogen) atoms. The second kappa shape index (κ2) is 4.18. The molecule has 1 fully saturated rings. The zero-order valence-electron chi connectivity index (χ0n) is 8.84. The minimum atomic E-state index is -0.356. The fraction of sp³-hybridized carbons (Fsp3) is 0.417. The summed E-state index contributed by atoms with van der Waals surface area (Å²) in [5.74, 6) is 0.714. The van der Waals surface area contributed by atoms with Gasteiger partial charge in [0.05, 0.1) is 0 Å². The first-order valence-electron chi connectivity index (χ1n) is 5.02. The minimum Gasteiger partial charge on any atom is -0.276 e. The second-order valence-electron chi connectivity index (χ2n) is 3.91. The second-order valence-corrected chi connectivity index (χ2v) is 5.07. The smallest absolute Gasteiger partial charge is 0.252 e. The molecule has 1 saturated carbocycles. The van der Waals surface area contributed by atoms with Gasteiger partial charge in [-0.3, -0.25) is 4.79 Å². The lowest BCUT2D eigenvalue weighted by atomic mass is 10.0. The fourth-order valence-corrected chi connectivity index (χ4v) is 3.00. The standard InChI is InChI=1S/C12H13ClOS/c1-7-9(12(13)14)5-6-10(8-3-4-8)11(7)15-2/h5-6,8H,3-4H2,1-2H3. The van der Waals surface area contributed by atoms with E-state index in [2.05, 4.69) is 12.3 Å². The maximum Gasteiger partial charge on any atom is 0.252 e. The topological polar surface area (TPSA) is 17.1 Å². The SMILES string of the molecule is CSc1c(C2CC2)ccc(C(=O)Cl)c1C. The quantitative estimate of drug-likeness (QED) is 0.587. The van der Waals surface area contributed by atoms with Gasteiger partial charge in [-0.15, -0.1) is 11.8 Å². The third-order valence-electron chi connectivity index (χ3n) is 2.87. The fourth-order valence-electron chi connectivity index (χ4n) is 1.91. The summed E-state index contributed by atoms with van der Waals surface area (Å²) in [5.41, 5.74) is 3.07. The highest BCUT2D eigenvalue weighted by molar-refractivity contribution is 7.98. The van der Waals surface area contributed by atoms with Crippen LogP contribution in [0.5, 0.6) is 0 Å². The summed E-state index contributed by atoms with van der Waals surface area (Å²) >= 11 is 7.25. The number of rotatable bonds is 3. The zero-order valence-corrected chi connectivity index (χ0v) is 10.4. The van der Waals surface area contributed by atoms with Gasteiger partial charge in [-0.05, 0) is 60.7 Å². The lowest BCUT2D eigenvalue weighted by molar-refractivity contribution is 0.108. The van der Waals surface area contributed by atoms with E-state index in [1.807, 2.05) is 13.0 Å². The highest BCUT2D eigenvalue weighted by Crippen LogP contribution is 2.45. The van der Waals surface area contributed by atoms with Crippen molar-refractivity contribution in [1.82, 2.24) is 0 Å². The van der Waals surface area contributed by atoms with Crippen molar-refractivity contribution in [3.8, 4) is 0 Å². The van der Waals surface area contributed by atoms with E-state index in [0.717, 1.165) is 5.56 Å². The Balaban J connectivity index is 2.52. The molecular formula is C12H13ClOS. The van der Waals surface area contributed by atoms with Gasteiger partial charge < -0.3 is 0 Å². The summed E-state index contributed by atoms with van der Waals surface area (Å²) in [6, 6.07) is 3.92. The summed E-state index contributed by atoms with van der Waals surface area (Å²) in [4.78, 5) is 12.4. The molecule has 0 bridgehead atoms. The van der Waals surface area contributed by atoms with Gasteiger partial charge in [0.25, 0.3) is 5.24 Å². The zero-order chi connectivity index (χ0) is 11.0. The molecule has 0 heterocycles. The van der Waals surface area contributed by atoms with Gasteiger partial charge in [0.1, 0.15) is 0 Å². The monoisotopic (exact) mass is 240 g/mol. The summed E-state index contributed by atoms with van der Waals surface area (Å²) in [7, 11) is 0. The average Bonchev–Trinajstić information content (AvgIpc) is 2.99. The third-order valence-corrected chi connectivity index (χ3v) is 4.02. The molecule has 80 valence electrons. The van der Waals surface area contributed by atoms with E-state index in [-0.39, 0.29) is 5.24 Å². The van der Waals surface area contributed by atoms with Crippen molar-refractivity contribution in [1.29, 1.82) is 0 Å². The number of hydrogen-bond donors (Lipinski definition) is 0. The molecule has 0 aromatic heterocycles. The van der Waals surface area contributed by atoms with Crippen LogP contribution < -0.4 is 0 Å². The van der Waals surface area contributed by atoms with Crippen LogP contribution in [0.3, 0.4) is 0 Å². The van der Waals surface area contributed by atoms with Gasteiger partial charge in [0.2, 0.25) is 0 Å². The minimum absolute atomic E-state index is 0.356. The molecular weight excluding hydrogens is 228 g/mol. The van der Waals surface area contributed by atoms with Gasteiger partial charge in [0.15, 0.2) is 0 Å². The molecule has 0 unspecified atom stereocenters. The van der Waals surface area contributed by atoms with E-state index < -0.39 is 0 Å². The predicted octanol–water partition coefficient (Wildman–Crippen LogP) is 3.97. The molecule has 0 amide bonds. The first-order valence-corrected chi connectivity index (χ1v) is 6.62. The van der Waals surface area contributed by atoms with Crippen LogP contribution in [0.15, 0.2) is 17.0 Å². The van der Waals surface area contributed by atoms with Crippen molar-refractivity contribution in [2.24, 2.45) is 0 Å². The van der Waals surface area contributed by atoms with E-state index >= 15 is 0 Å². The van der Waals surface area contributed by atoms with Gasteiger partial charge in [-0.2, -0.15) is 0 Å². The Morgan fingerprint density at radius 2 is 2.13 bits per heavy atom. The lowest BCUT2D eigenvalue weighted by Gasteiger charge is -2.12. The Labute approximate surface area is 99.2 Å². The number of benzene rings is 1. The molecule has 1 aromatic rings. The van der Waals surface area contributed by atoms with Crippen LogP contribution in [0, 0.1) is 6.92 Å². The van der Waals surface area contributed by atoms with Crippen molar-refractivity contribution < 1.29 is 4.79 Å². The first-order chi connectivity index (χ1) is 7.15. The Morgan fingerprint density at radius 3 is 2.60 bits per heavy atom. The van der Waals surface area contributed by atoms with Gasteiger partial charge >= 0.3 is 0 Å². The first kappa shape index (κ1) is 11.0. The molecule has 0 atom stereocenters. The lowest BCUT2D eigenvalue weighted by Crippen LogP contribution is -1.98. The normalized spacial score (nSPS) is 15.4. The molecule has 0 spiro atoms. The Hall–Kier alpha value is -0.470. The number of thioether (sulfide) groups is 1. The maximum atomic E-state index is 11.2. The van der Waals surface area contributed by atoms with Gasteiger partial charge in [-0.1, -0.05) is 6.07 Å². The molecule has 1 nitrogen and oxygen atoms in total. The number of hydrogen-bond acceptors (Lipinski definition) is 2. The van der Waals surface area contributed by atoms with Crippen molar-refractivity contribution in [3.63, 3.8) is 0 Å². The van der Waals surface area contributed by atoms with Crippen LogP contribution in [0.2, 0.25) is 0 Å². The summed E-state index contributed by atoms with van der Waals surface area (Å²) in [5, 5.41) is -0.356. The van der Waals surface area contributed by atoms with Crippen LogP contribution in [-0.2, 0) is 0 Å². The molecule has 1 aromatic carbocycles. The van der Waals surface area contributed by atoms with Crippen LogP contribution in [0.1, 0.15) is 40.2 Å². The number of carbonyl (C=O) groups excluding carboxylic acids is 1. The van der Waals surface area contributed by atoms with Crippen LogP contribution in [0.25, 0.3) is 0 Å². The molecule has 0 saturated heterocycles. The average molecular weight is 241 g/mol. The van der Waals surface area contributed by atoms with Crippen LogP contribution in [-0.4, -0.2) is 11.5 Å². The molecule has 1 aliphatic carbocycles. The molecule has 2 rings (SSSR count). The summed E-state index contributed by atoms with van der Waals surface area (Å²) in [6.07, 6.45) is 4.61. The van der Waals surface area contributed by atoms with Crippen molar-refractivity contribution in [2.45, 2.75) is 30.6 Å². The highest BCUT2D eigenvalue weighted by atomic mass is 35.5. The summed E-state index contributed by atoms with van der Waals surface area (Å²) < 4.78 is 0. The number of carbonyl (C=O) groups is 1. The van der Waals surface area contributed by atoms with Crippen LogP contribution >= 0.6 is 23.4 Å². The van der Waals surface area contributed by atoms with E-state index in [1.54, 1.807) is 11.8 Å². The number of halogens is 1. The van der Waals surface area contributed by atoms with Crippen molar-refractivity contribution in [2.75, 3.05) is 6.26 Å². The predicted molar refractivity (Wildman–Crippen MR) is 65.1 cm³/mol. The van der Waals surface area contributed by atoms with Gasteiger partial charge in [0, 0.05) is 10.5 Å². The molecule has 1 aliphatic rings. The Morgan fingerprint density at radius 1 is 1.47 bits per heavy atom. The van der Waals surface area contributed by atoms with E-state index in [4.69, 9.17) is 11.6 Å². The molecule has 3 heteroatoms. The molecule has 0 aliphatic heterocycles. The highest BCUT2D eigenvalue weighted by Gasteiger charge is 2.27. The van der Waals surface area contributed by atoms with Crippen molar-refractivity contribution in [3.05, 3.63) is 28.8 Å².